The molecule has 3 N–H and O–H groups in total. The number of hydrogen-bond donors (Lipinski definition) is 2. The number of nitrogens with zero attached hydrogens (tertiary/aromatic N) is 1. The number of aryl methyl sites for hydroxylation is 1. The number of alkyl halides is 2. The summed E-state index contributed by atoms with van der Waals surface area (Å²) in [5, 5.41) is 8.68. The lowest BCUT2D eigenvalue weighted by Gasteiger charge is -2.16. The van der Waals surface area contributed by atoms with Gasteiger partial charge >= 0.3 is 0 Å². The molecule has 0 aliphatic carbocycles. The fourth-order valence-electron chi connectivity index (χ4n) is 3.86. The number of hydrogen-bond acceptors (Lipinski definition) is 2. The van der Waals surface area contributed by atoms with Gasteiger partial charge in [0.1, 0.15) is 0 Å². The number of fused-ring (bicyclic) bond motifs is 1. The van der Waals surface area contributed by atoms with Crippen molar-refractivity contribution in [2.75, 3.05) is 5.73 Å². The standard InChI is InChI=1S/C24H27F2N3/c1-14(2)8-9-19-20-12-21(28)17(13-27)11-22(20)29(23(19)15(3)4)18-7-5-6-16(10-18)24(25)26/h5-7,10-13,15,24,27H,1,8-9,28H2,2-4H3. The molecule has 152 valence electrons. The Hall–Kier alpha value is -2.95. The molecule has 0 aliphatic heterocycles. The van der Waals surface area contributed by atoms with Crippen LogP contribution in [-0.4, -0.2) is 10.8 Å². The van der Waals surface area contributed by atoms with Crippen LogP contribution in [0.25, 0.3) is 16.6 Å². The van der Waals surface area contributed by atoms with Crippen molar-refractivity contribution < 1.29 is 8.78 Å². The lowest BCUT2D eigenvalue weighted by Crippen LogP contribution is -2.05. The van der Waals surface area contributed by atoms with E-state index in [4.69, 9.17) is 11.1 Å². The maximum absolute atomic E-state index is 13.4. The first-order chi connectivity index (χ1) is 13.7. The fraction of sp³-hybridized carbons (Fsp3) is 0.292. The van der Waals surface area contributed by atoms with Crippen molar-refractivity contribution in [2.24, 2.45) is 0 Å². The Labute approximate surface area is 170 Å². The van der Waals surface area contributed by atoms with Gasteiger partial charge in [0.15, 0.2) is 0 Å². The molecule has 2 aromatic carbocycles. The number of benzene rings is 2. The van der Waals surface area contributed by atoms with E-state index in [1.54, 1.807) is 12.1 Å². The van der Waals surface area contributed by atoms with E-state index in [1.165, 1.54) is 12.3 Å². The first-order valence-electron chi connectivity index (χ1n) is 9.74. The molecule has 0 amide bonds. The van der Waals surface area contributed by atoms with Crippen molar-refractivity contribution >= 4 is 22.8 Å². The highest BCUT2D eigenvalue weighted by atomic mass is 19.3. The molecule has 3 rings (SSSR count). The summed E-state index contributed by atoms with van der Waals surface area (Å²) in [7, 11) is 0. The van der Waals surface area contributed by atoms with Crippen LogP contribution in [0.15, 0.2) is 48.6 Å². The molecule has 0 unspecified atom stereocenters. The summed E-state index contributed by atoms with van der Waals surface area (Å²) < 4.78 is 28.8. The second kappa shape index (κ2) is 8.19. The minimum absolute atomic E-state index is 0.00901. The van der Waals surface area contributed by atoms with Gasteiger partial charge in [0.2, 0.25) is 0 Å². The first-order valence-corrected chi connectivity index (χ1v) is 9.74. The Morgan fingerprint density at radius 2 is 1.97 bits per heavy atom. The summed E-state index contributed by atoms with van der Waals surface area (Å²) >= 11 is 0. The smallest absolute Gasteiger partial charge is 0.263 e. The summed E-state index contributed by atoms with van der Waals surface area (Å²) in [6, 6.07) is 10.3. The number of aromatic nitrogens is 1. The van der Waals surface area contributed by atoms with Gasteiger partial charge in [-0.3, -0.25) is 0 Å². The maximum Gasteiger partial charge on any atom is 0.263 e. The van der Waals surface area contributed by atoms with E-state index in [0.29, 0.717) is 16.9 Å². The monoisotopic (exact) mass is 395 g/mol. The summed E-state index contributed by atoms with van der Waals surface area (Å²) in [6.07, 6.45) is 0.325. The van der Waals surface area contributed by atoms with Crippen molar-refractivity contribution in [3.63, 3.8) is 0 Å². The molecule has 0 saturated heterocycles. The van der Waals surface area contributed by atoms with Gasteiger partial charge in [-0.25, -0.2) is 8.78 Å². The number of nitrogens with two attached hydrogens (primary N) is 1. The average Bonchev–Trinajstić information content (AvgIpc) is 2.99. The second-order valence-electron chi connectivity index (χ2n) is 7.85. The van der Waals surface area contributed by atoms with Crippen molar-refractivity contribution in [1.29, 1.82) is 5.41 Å². The predicted molar refractivity (Wildman–Crippen MR) is 118 cm³/mol. The third-order valence-electron chi connectivity index (χ3n) is 5.20. The van der Waals surface area contributed by atoms with Crippen LogP contribution in [0.2, 0.25) is 0 Å². The molecule has 0 atom stereocenters. The predicted octanol–water partition coefficient (Wildman–Crippen LogP) is 6.78. The highest BCUT2D eigenvalue weighted by molar-refractivity contribution is 5.97. The topological polar surface area (TPSA) is 54.8 Å². The first kappa shape index (κ1) is 20.8. The summed E-state index contributed by atoms with van der Waals surface area (Å²) in [5.74, 6) is 0.169. The van der Waals surface area contributed by atoms with E-state index in [-0.39, 0.29) is 11.5 Å². The minimum Gasteiger partial charge on any atom is -0.398 e. The highest BCUT2D eigenvalue weighted by Gasteiger charge is 2.22. The van der Waals surface area contributed by atoms with Crippen LogP contribution >= 0.6 is 0 Å². The Morgan fingerprint density at radius 1 is 1.24 bits per heavy atom. The number of halogens is 2. The largest absolute Gasteiger partial charge is 0.398 e. The van der Waals surface area contributed by atoms with Gasteiger partial charge in [-0.2, -0.15) is 0 Å². The quantitative estimate of drug-likeness (QED) is 0.259. The van der Waals surface area contributed by atoms with Crippen molar-refractivity contribution in [1.82, 2.24) is 4.57 Å². The molecule has 3 aromatic rings. The molecule has 0 spiro atoms. The van der Waals surface area contributed by atoms with Crippen LogP contribution in [0.4, 0.5) is 14.5 Å². The molecule has 0 fully saturated rings. The van der Waals surface area contributed by atoms with Crippen molar-refractivity contribution in [3.05, 3.63) is 70.9 Å². The van der Waals surface area contributed by atoms with Crippen molar-refractivity contribution in [2.45, 2.75) is 46.0 Å². The fourth-order valence-corrected chi connectivity index (χ4v) is 3.86. The van der Waals surface area contributed by atoms with E-state index in [2.05, 4.69) is 20.4 Å². The summed E-state index contributed by atoms with van der Waals surface area (Å²) in [5.41, 5.74) is 12.2. The number of nitrogens with one attached hydrogen (secondary N) is 1. The molecule has 1 aromatic heterocycles. The lowest BCUT2D eigenvalue weighted by molar-refractivity contribution is 0.151. The molecule has 5 heteroatoms. The molecule has 0 bridgehead atoms. The van der Waals surface area contributed by atoms with Crippen LogP contribution in [0, 0.1) is 5.41 Å². The Morgan fingerprint density at radius 3 is 2.55 bits per heavy atom. The van der Waals surface area contributed by atoms with E-state index in [9.17, 15) is 8.78 Å². The molecule has 3 nitrogen and oxygen atoms in total. The van der Waals surface area contributed by atoms with Crippen LogP contribution in [-0.2, 0) is 6.42 Å². The highest BCUT2D eigenvalue weighted by Crippen LogP contribution is 2.37. The molecule has 0 saturated carbocycles. The molecule has 0 aliphatic rings. The zero-order chi connectivity index (χ0) is 21.3. The third-order valence-corrected chi connectivity index (χ3v) is 5.20. The number of allylic oxidation sites excluding steroid dienone is 1. The zero-order valence-corrected chi connectivity index (χ0v) is 17.1. The SMILES string of the molecule is C=C(C)CCc1c(C(C)C)n(-c2cccc(C(F)F)c2)c2cc(C=N)c(N)cc12. The summed E-state index contributed by atoms with van der Waals surface area (Å²) in [6.45, 7) is 10.2. The number of nitrogen functional groups attached to an aromatic ring is 1. The molecule has 0 radical (unpaired) electrons. The second-order valence-corrected chi connectivity index (χ2v) is 7.85. The molecule has 1 heterocycles. The van der Waals surface area contributed by atoms with Crippen molar-refractivity contribution in [3.8, 4) is 5.69 Å². The van der Waals surface area contributed by atoms with Gasteiger partial charge in [0, 0.05) is 39.8 Å². The average molecular weight is 395 g/mol. The van der Waals surface area contributed by atoms with E-state index in [0.717, 1.165) is 40.6 Å². The number of rotatable bonds is 7. The lowest BCUT2D eigenvalue weighted by atomic mass is 9.97. The number of anilines is 1. The van der Waals surface area contributed by atoms with Crippen LogP contribution in [0.3, 0.4) is 0 Å². The maximum atomic E-state index is 13.4. The van der Waals surface area contributed by atoms with Gasteiger partial charge in [0.25, 0.3) is 6.43 Å². The zero-order valence-electron chi connectivity index (χ0n) is 17.1. The Bertz CT molecular complexity index is 1080. The van der Waals surface area contributed by atoms with Gasteiger partial charge < -0.3 is 15.7 Å². The minimum atomic E-state index is -2.53. The van der Waals surface area contributed by atoms with E-state index >= 15 is 0 Å². The van der Waals surface area contributed by atoms with Crippen LogP contribution < -0.4 is 5.73 Å². The van der Waals surface area contributed by atoms with Crippen LogP contribution in [0.5, 0.6) is 0 Å². The van der Waals surface area contributed by atoms with E-state index in [1.807, 2.05) is 29.7 Å². The normalized spacial score (nSPS) is 11.6. The Balaban J connectivity index is 2.40. The third kappa shape index (κ3) is 3.95. The van der Waals surface area contributed by atoms with Gasteiger partial charge in [-0.15, -0.1) is 6.58 Å². The molecule has 29 heavy (non-hydrogen) atoms. The van der Waals surface area contributed by atoms with E-state index < -0.39 is 6.43 Å². The molecular formula is C24H27F2N3. The van der Waals surface area contributed by atoms with Gasteiger partial charge in [-0.1, -0.05) is 31.6 Å². The Kier molecular flexibility index (Phi) is 5.87. The van der Waals surface area contributed by atoms with Gasteiger partial charge in [0.05, 0.1) is 5.52 Å². The molecular weight excluding hydrogens is 368 g/mol. The van der Waals surface area contributed by atoms with Crippen LogP contribution in [0.1, 0.15) is 61.9 Å². The summed E-state index contributed by atoms with van der Waals surface area (Å²) in [4.78, 5) is 0. The van der Waals surface area contributed by atoms with Gasteiger partial charge in [-0.05, 0) is 55.5 Å².